The van der Waals surface area contributed by atoms with Gasteiger partial charge in [-0.05, 0) is 0 Å². The Morgan fingerprint density at radius 3 is 2.67 bits per heavy atom. The Balaban J connectivity index is 2.34. The molecule has 0 radical (unpaired) electrons. The van der Waals surface area contributed by atoms with Gasteiger partial charge < -0.3 is 0 Å². The summed E-state index contributed by atoms with van der Waals surface area (Å²) in [7, 11) is 1.97. The molecule has 0 heterocycles. The fourth-order valence-electron chi connectivity index (χ4n) is 0.153. The summed E-state index contributed by atoms with van der Waals surface area (Å²) in [4.78, 5) is 0. The van der Waals surface area contributed by atoms with Crippen LogP contribution < -0.4 is 5.32 Å². The second-order valence-electron chi connectivity index (χ2n) is 0.846. The fraction of sp³-hybridized carbons (Fsp3) is 1.00. The van der Waals surface area contributed by atoms with Gasteiger partial charge in [0, 0.05) is 0 Å². The molecule has 1 nitrogen and oxygen atoms in total. The topological polar surface area (TPSA) is 12.0 Å². The van der Waals surface area contributed by atoms with Crippen LogP contribution in [0.25, 0.3) is 0 Å². The van der Waals surface area contributed by atoms with E-state index < -0.39 is 0 Å². The van der Waals surface area contributed by atoms with Crippen molar-refractivity contribution in [2.45, 2.75) is 0 Å². The van der Waals surface area contributed by atoms with Crippen LogP contribution in [0.5, 0.6) is 0 Å². The summed E-state index contributed by atoms with van der Waals surface area (Å²) in [6.07, 6.45) is 0. The molecule has 0 aromatic heterocycles. The third-order valence-electron chi connectivity index (χ3n) is 0.348. The molecule has 0 atom stereocenters. The molecule has 0 bridgehead atoms. The molecule has 6 heavy (non-hydrogen) atoms. The normalized spacial score (nSPS) is 9.17. The van der Waals surface area contributed by atoms with Gasteiger partial charge in [0.1, 0.15) is 0 Å². The Bertz CT molecular complexity index is 22.8. The van der Waals surface area contributed by atoms with E-state index in [9.17, 15) is 0 Å². The Kier molecular flexibility index (Phi) is 7.24. The molecule has 0 aromatic carbocycles. The van der Waals surface area contributed by atoms with Crippen molar-refractivity contribution in [1.82, 2.24) is 5.32 Å². The molecule has 0 rings (SSSR count). The summed E-state index contributed by atoms with van der Waals surface area (Å²) >= 11 is 3.55. The quantitative estimate of drug-likeness (QED) is 0.399. The zero-order chi connectivity index (χ0) is 4.83. The summed E-state index contributed by atoms with van der Waals surface area (Å²) in [5.41, 5.74) is 0. The standard InChI is InChI=1S/C3H8NS.Sn/c1-4-3-5-2;/h4H,2-3H2,1H3;/q;+3. The molecule has 0 amide bonds. The zero-order valence-corrected chi connectivity index (χ0v) is 7.49. The first-order valence-corrected chi connectivity index (χ1v) is 4.96. The number of nitrogens with one attached hydrogen (secondary N) is 1. The molecule has 0 aromatic rings. The van der Waals surface area contributed by atoms with Crippen molar-refractivity contribution >= 4 is 34.3 Å². The Morgan fingerprint density at radius 1 is 1.83 bits per heavy atom. The van der Waals surface area contributed by atoms with E-state index in [1.807, 2.05) is 18.8 Å². The van der Waals surface area contributed by atoms with E-state index in [4.69, 9.17) is 0 Å². The molecule has 0 saturated heterocycles. The van der Waals surface area contributed by atoms with E-state index in [0.717, 1.165) is 5.88 Å². The van der Waals surface area contributed by atoms with Crippen LogP contribution in [0.4, 0.5) is 0 Å². The van der Waals surface area contributed by atoms with Crippen LogP contribution in [0, 0.1) is 0 Å². The van der Waals surface area contributed by atoms with Crippen LogP contribution in [0.15, 0.2) is 0 Å². The molecule has 32 valence electrons. The van der Waals surface area contributed by atoms with Gasteiger partial charge in [-0.1, -0.05) is 0 Å². The number of hydrogen-bond acceptors (Lipinski definition) is 2. The van der Waals surface area contributed by atoms with E-state index in [1.165, 1.54) is 3.77 Å². The number of hydrogen-bond donors (Lipinski definition) is 1. The van der Waals surface area contributed by atoms with Crippen LogP contribution in [0.1, 0.15) is 0 Å². The number of rotatable bonds is 3. The number of thioether (sulfide) groups is 1. The van der Waals surface area contributed by atoms with Crippen molar-refractivity contribution in [3.05, 3.63) is 0 Å². The van der Waals surface area contributed by atoms with E-state index in [0.29, 0.717) is 0 Å². The van der Waals surface area contributed by atoms with E-state index in [2.05, 4.69) is 5.32 Å². The summed E-state index contributed by atoms with van der Waals surface area (Å²) in [5, 5.41) is 3.05. The first-order valence-electron chi connectivity index (χ1n) is 1.78. The Morgan fingerprint density at radius 2 is 2.50 bits per heavy atom. The van der Waals surface area contributed by atoms with Gasteiger partial charge >= 0.3 is 56.3 Å². The summed E-state index contributed by atoms with van der Waals surface area (Å²) < 4.78 is 1.30. The molecule has 0 unspecified atom stereocenters. The van der Waals surface area contributed by atoms with Crippen molar-refractivity contribution in [2.24, 2.45) is 0 Å². The van der Waals surface area contributed by atoms with E-state index >= 15 is 0 Å². The van der Waals surface area contributed by atoms with Crippen molar-refractivity contribution in [1.29, 1.82) is 0 Å². The van der Waals surface area contributed by atoms with Crippen LogP contribution >= 0.6 is 11.8 Å². The van der Waals surface area contributed by atoms with Crippen molar-refractivity contribution in [2.75, 3.05) is 16.7 Å². The van der Waals surface area contributed by atoms with Crippen LogP contribution in [0.2, 0.25) is 0 Å². The SMILES string of the molecule is CNCS[CH2][Sn+3]. The molecule has 3 heteroatoms. The predicted octanol–water partition coefficient (Wildman–Crippen LogP) is 0.0225. The van der Waals surface area contributed by atoms with Crippen LogP contribution in [-0.4, -0.2) is 39.2 Å². The Hall–Kier alpha value is 1.11. The first kappa shape index (κ1) is 7.11. The maximum atomic E-state index is 3.05. The van der Waals surface area contributed by atoms with Gasteiger partial charge in [-0.15, -0.1) is 0 Å². The van der Waals surface area contributed by atoms with Gasteiger partial charge in [0.15, 0.2) is 0 Å². The summed E-state index contributed by atoms with van der Waals surface area (Å²) in [6, 6.07) is 0. The summed E-state index contributed by atoms with van der Waals surface area (Å²) in [5.74, 6) is 1.10. The molecule has 0 aliphatic rings. The molecule has 0 saturated carbocycles. The average Bonchev–Trinajstić information content (AvgIpc) is 1.61. The van der Waals surface area contributed by atoms with Gasteiger partial charge in [0.2, 0.25) is 0 Å². The van der Waals surface area contributed by atoms with E-state index in [1.54, 1.807) is 22.5 Å². The molecule has 0 aliphatic carbocycles. The third kappa shape index (κ3) is 5.11. The van der Waals surface area contributed by atoms with Crippen LogP contribution in [-0.2, 0) is 0 Å². The maximum absolute atomic E-state index is 3.05. The van der Waals surface area contributed by atoms with Gasteiger partial charge in [-0.3, -0.25) is 0 Å². The zero-order valence-electron chi connectivity index (χ0n) is 3.82. The second-order valence-corrected chi connectivity index (χ2v) is 4.30. The summed E-state index contributed by atoms with van der Waals surface area (Å²) in [6.45, 7) is 0. The fourth-order valence-corrected chi connectivity index (χ4v) is 1.33. The minimum atomic E-state index is 1.10. The predicted molar refractivity (Wildman–Crippen MR) is 32.1 cm³/mol. The van der Waals surface area contributed by atoms with Crippen molar-refractivity contribution in [3.8, 4) is 0 Å². The molecule has 0 aliphatic heterocycles. The van der Waals surface area contributed by atoms with Crippen molar-refractivity contribution in [3.63, 3.8) is 0 Å². The molecule has 0 spiro atoms. The molecular weight excluding hydrogens is 201 g/mol. The molecule has 0 fully saturated rings. The third-order valence-corrected chi connectivity index (χ3v) is 2.79. The molecular formula is C3H8NSSn+3. The Labute approximate surface area is 56.4 Å². The second kappa shape index (κ2) is 6.11. The van der Waals surface area contributed by atoms with Crippen LogP contribution in [0.3, 0.4) is 0 Å². The van der Waals surface area contributed by atoms with Crippen molar-refractivity contribution < 1.29 is 0 Å². The van der Waals surface area contributed by atoms with Gasteiger partial charge in [-0.2, -0.15) is 0 Å². The van der Waals surface area contributed by atoms with Gasteiger partial charge in [-0.25, -0.2) is 0 Å². The first-order chi connectivity index (χ1) is 2.91. The van der Waals surface area contributed by atoms with Gasteiger partial charge in [0.25, 0.3) is 0 Å². The van der Waals surface area contributed by atoms with E-state index in [-0.39, 0.29) is 0 Å². The molecule has 1 N–H and O–H groups in total. The monoisotopic (exact) mass is 210 g/mol. The average molecular weight is 209 g/mol. The minimum absolute atomic E-state index is 1.10. The van der Waals surface area contributed by atoms with Gasteiger partial charge in [0.05, 0.1) is 0 Å².